The monoisotopic (exact) mass is 436 g/mol. The number of aryl methyl sites for hydroxylation is 1. The number of carbonyl (C=O) groups is 1. The third-order valence-corrected chi connectivity index (χ3v) is 5.62. The summed E-state index contributed by atoms with van der Waals surface area (Å²) >= 11 is 0. The second-order valence-corrected chi connectivity index (χ2v) is 8.32. The van der Waals surface area contributed by atoms with Gasteiger partial charge in [-0.05, 0) is 61.4 Å². The van der Waals surface area contributed by atoms with E-state index in [9.17, 15) is 4.79 Å². The Morgan fingerprint density at radius 1 is 1.12 bits per heavy atom. The van der Waals surface area contributed by atoms with Gasteiger partial charge in [0.2, 0.25) is 0 Å². The summed E-state index contributed by atoms with van der Waals surface area (Å²) < 4.78 is 6.20. The summed E-state index contributed by atoms with van der Waals surface area (Å²) in [5.41, 5.74) is 4.55. The highest BCUT2D eigenvalue weighted by molar-refractivity contribution is 5.93. The maximum Gasteiger partial charge on any atom is 0.253 e. The quantitative estimate of drug-likeness (QED) is 0.355. The topological polar surface area (TPSA) is 66.0 Å². The third kappa shape index (κ3) is 6.82. The minimum absolute atomic E-state index is 0.00832. The van der Waals surface area contributed by atoms with Crippen LogP contribution in [0.15, 0.2) is 53.5 Å². The van der Waals surface area contributed by atoms with Gasteiger partial charge in [-0.2, -0.15) is 0 Å². The number of rotatable bonds is 9. The van der Waals surface area contributed by atoms with Gasteiger partial charge in [-0.1, -0.05) is 36.4 Å². The van der Waals surface area contributed by atoms with Gasteiger partial charge in [0, 0.05) is 39.4 Å². The van der Waals surface area contributed by atoms with Crippen LogP contribution in [0.2, 0.25) is 0 Å². The van der Waals surface area contributed by atoms with Crippen LogP contribution in [0, 0.1) is 0 Å². The van der Waals surface area contributed by atoms with Crippen LogP contribution < -0.4 is 10.6 Å². The summed E-state index contributed by atoms with van der Waals surface area (Å²) in [6.07, 6.45) is 4.61. The molecule has 0 bridgehead atoms. The number of nitrogens with zero attached hydrogens (tertiary/aromatic N) is 2. The second kappa shape index (κ2) is 12.2. The summed E-state index contributed by atoms with van der Waals surface area (Å²) in [4.78, 5) is 18.3. The lowest BCUT2D eigenvalue weighted by molar-refractivity contribution is 0.0398. The van der Waals surface area contributed by atoms with Gasteiger partial charge in [-0.3, -0.25) is 4.79 Å². The van der Waals surface area contributed by atoms with Crippen LogP contribution in [0.3, 0.4) is 0 Å². The van der Waals surface area contributed by atoms with Crippen molar-refractivity contribution in [3.8, 4) is 0 Å². The van der Waals surface area contributed by atoms with E-state index in [1.54, 1.807) is 19.0 Å². The van der Waals surface area contributed by atoms with Crippen molar-refractivity contribution in [3.63, 3.8) is 0 Å². The molecule has 172 valence electrons. The molecule has 1 atom stereocenters. The Hall–Kier alpha value is -2.86. The Labute approximate surface area is 192 Å². The van der Waals surface area contributed by atoms with Crippen LogP contribution in [0.5, 0.6) is 0 Å². The number of guanidine groups is 1. The highest BCUT2D eigenvalue weighted by Gasteiger charge is 2.19. The highest BCUT2D eigenvalue weighted by Crippen LogP contribution is 2.32. The number of aliphatic imine (C=N–C) groups is 1. The summed E-state index contributed by atoms with van der Waals surface area (Å²) in [7, 11) is 3.52. The normalized spacial score (nSPS) is 15.7. The largest absolute Gasteiger partial charge is 0.373 e. The molecule has 6 heteroatoms. The smallest absolute Gasteiger partial charge is 0.253 e. The predicted octanol–water partition coefficient (Wildman–Crippen LogP) is 3.93. The van der Waals surface area contributed by atoms with Gasteiger partial charge in [0.25, 0.3) is 5.91 Å². The van der Waals surface area contributed by atoms with Crippen molar-refractivity contribution >= 4 is 11.9 Å². The van der Waals surface area contributed by atoms with Gasteiger partial charge in [0.05, 0.1) is 12.6 Å². The molecule has 0 fully saturated rings. The van der Waals surface area contributed by atoms with Crippen molar-refractivity contribution in [2.24, 2.45) is 4.99 Å². The fraction of sp³-hybridized carbons (Fsp3) is 0.462. The van der Waals surface area contributed by atoms with Crippen molar-refractivity contribution in [2.45, 2.75) is 45.3 Å². The van der Waals surface area contributed by atoms with Crippen molar-refractivity contribution in [1.82, 2.24) is 15.5 Å². The average molecular weight is 437 g/mol. The van der Waals surface area contributed by atoms with E-state index in [0.29, 0.717) is 12.1 Å². The number of benzene rings is 2. The third-order valence-electron chi connectivity index (χ3n) is 5.62. The molecule has 2 aromatic rings. The van der Waals surface area contributed by atoms with Crippen molar-refractivity contribution in [2.75, 3.05) is 33.8 Å². The zero-order valence-corrected chi connectivity index (χ0v) is 19.6. The number of fused-ring (bicyclic) bond motifs is 1. The Kier molecular flexibility index (Phi) is 9.11. The van der Waals surface area contributed by atoms with E-state index in [1.807, 2.05) is 24.3 Å². The molecule has 0 saturated carbocycles. The molecule has 1 aliphatic carbocycles. The first-order valence-electron chi connectivity index (χ1n) is 11.6. The van der Waals surface area contributed by atoms with E-state index in [1.165, 1.54) is 17.5 Å². The lowest BCUT2D eigenvalue weighted by Crippen LogP contribution is -2.38. The van der Waals surface area contributed by atoms with E-state index in [0.717, 1.165) is 50.5 Å². The van der Waals surface area contributed by atoms with Crippen LogP contribution in [-0.2, 0) is 17.7 Å². The van der Waals surface area contributed by atoms with Crippen molar-refractivity contribution in [1.29, 1.82) is 0 Å². The maximum atomic E-state index is 12.0. The fourth-order valence-corrected chi connectivity index (χ4v) is 3.91. The van der Waals surface area contributed by atoms with Gasteiger partial charge in [0.1, 0.15) is 0 Å². The van der Waals surface area contributed by atoms with E-state index >= 15 is 0 Å². The fourth-order valence-electron chi connectivity index (χ4n) is 3.91. The minimum atomic E-state index is 0.00832. The van der Waals surface area contributed by atoms with E-state index < -0.39 is 0 Å². The molecule has 2 aromatic carbocycles. The van der Waals surface area contributed by atoms with Gasteiger partial charge < -0.3 is 20.3 Å². The number of amides is 1. The summed E-state index contributed by atoms with van der Waals surface area (Å²) in [6.45, 7) is 4.95. The first-order chi connectivity index (χ1) is 15.6. The molecule has 2 N–H and O–H groups in total. The van der Waals surface area contributed by atoms with Crippen LogP contribution in [0.4, 0.5) is 0 Å². The summed E-state index contributed by atoms with van der Waals surface area (Å²) in [5.74, 6) is 0.804. The zero-order chi connectivity index (χ0) is 22.8. The molecule has 0 heterocycles. The van der Waals surface area contributed by atoms with Gasteiger partial charge in [-0.25, -0.2) is 4.99 Å². The van der Waals surface area contributed by atoms with Crippen molar-refractivity contribution in [3.05, 3.63) is 70.8 Å². The number of hydrogen-bond donors (Lipinski definition) is 2. The van der Waals surface area contributed by atoms with E-state index in [-0.39, 0.29) is 12.0 Å². The lowest BCUT2D eigenvalue weighted by atomic mass is 9.89. The summed E-state index contributed by atoms with van der Waals surface area (Å²) in [5, 5.41) is 6.68. The Balaban J connectivity index is 1.43. The molecule has 0 radical (unpaired) electrons. The molecule has 6 nitrogen and oxygen atoms in total. The molecule has 1 unspecified atom stereocenters. The SMILES string of the molecule is CCNC(=NCc1ccc(C(=O)N(C)C)cc1)NCCCOC1CCCc2ccccc21. The van der Waals surface area contributed by atoms with E-state index in [2.05, 4.69) is 46.8 Å². The molecule has 0 aliphatic heterocycles. The molecular weight excluding hydrogens is 400 g/mol. The average Bonchev–Trinajstić information content (AvgIpc) is 2.82. The molecule has 1 amide bonds. The second-order valence-electron chi connectivity index (χ2n) is 8.32. The molecule has 0 spiro atoms. The predicted molar refractivity (Wildman–Crippen MR) is 130 cm³/mol. The van der Waals surface area contributed by atoms with E-state index in [4.69, 9.17) is 4.74 Å². The van der Waals surface area contributed by atoms with Crippen LogP contribution in [0.25, 0.3) is 0 Å². The Bertz CT molecular complexity index is 893. The molecule has 1 aliphatic rings. The van der Waals surface area contributed by atoms with Crippen LogP contribution >= 0.6 is 0 Å². The molecule has 0 aromatic heterocycles. The van der Waals surface area contributed by atoms with Crippen LogP contribution in [0.1, 0.15) is 59.3 Å². The molecule has 32 heavy (non-hydrogen) atoms. The highest BCUT2D eigenvalue weighted by atomic mass is 16.5. The zero-order valence-electron chi connectivity index (χ0n) is 19.6. The first kappa shape index (κ1) is 23.8. The Morgan fingerprint density at radius 3 is 2.66 bits per heavy atom. The van der Waals surface area contributed by atoms with Crippen LogP contribution in [-0.4, -0.2) is 50.6 Å². The molecule has 3 rings (SSSR count). The maximum absolute atomic E-state index is 12.0. The molecule has 0 saturated heterocycles. The number of nitrogens with one attached hydrogen (secondary N) is 2. The summed E-state index contributed by atoms with van der Waals surface area (Å²) in [6, 6.07) is 16.3. The van der Waals surface area contributed by atoms with Gasteiger partial charge in [0.15, 0.2) is 5.96 Å². The molecular formula is C26H36N4O2. The lowest BCUT2D eigenvalue weighted by Gasteiger charge is -2.25. The number of hydrogen-bond acceptors (Lipinski definition) is 3. The first-order valence-corrected chi connectivity index (χ1v) is 11.6. The number of ether oxygens (including phenoxy) is 1. The standard InChI is InChI=1S/C26H36N4O2/c1-4-27-26(29-19-20-13-15-22(16-14-20)25(31)30(2)3)28-17-8-18-32-24-12-7-10-21-9-5-6-11-23(21)24/h5-6,9,11,13-16,24H,4,7-8,10,12,17-19H2,1-3H3,(H2,27,28,29). The van der Waals surface area contributed by atoms with Gasteiger partial charge in [-0.15, -0.1) is 0 Å². The minimum Gasteiger partial charge on any atom is -0.373 e. The number of carbonyl (C=O) groups excluding carboxylic acids is 1. The van der Waals surface area contributed by atoms with Gasteiger partial charge >= 0.3 is 0 Å². The van der Waals surface area contributed by atoms with Crippen molar-refractivity contribution < 1.29 is 9.53 Å². The Morgan fingerprint density at radius 2 is 1.91 bits per heavy atom.